The molecule has 1 aliphatic carbocycles. The number of nitrogens with zero attached hydrogens (tertiary/aromatic N) is 1. The number of para-hydroxylation sites is 1. The highest BCUT2D eigenvalue weighted by molar-refractivity contribution is 7.18. The van der Waals surface area contributed by atoms with Gasteiger partial charge in [0.25, 0.3) is 0 Å². The van der Waals surface area contributed by atoms with Crippen molar-refractivity contribution in [1.29, 1.82) is 0 Å². The Morgan fingerprint density at radius 1 is 1.31 bits per heavy atom. The Morgan fingerprint density at radius 3 is 3.00 bits per heavy atom. The largest absolute Gasteiger partial charge is 0.310 e. The van der Waals surface area contributed by atoms with Crippen molar-refractivity contribution in [2.75, 3.05) is 6.54 Å². The molecular formula is C13H16N2S. The molecular weight excluding hydrogens is 216 g/mol. The summed E-state index contributed by atoms with van der Waals surface area (Å²) in [6.45, 7) is 2.06. The molecule has 0 spiro atoms. The lowest BCUT2D eigenvalue weighted by atomic mass is 10.3. The van der Waals surface area contributed by atoms with Gasteiger partial charge >= 0.3 is 0 Å². The van der Waals surface area contributed by atoms with Crippen LogP contribution in [-0.2, 0) is 6.54 Å². The number of thiazole rings is 1. The third kappa shape index (κ3) is 2.42. The van der Waals surface area contributed by atoms with Crippen LogP contribution in [0.3, 0.4) is 0 Å². The maximum absolute atomic E-state index is 4.60. The van der Waals surface area contributed by atoms with Gasteiger partial charge in [-0.25, -0.2) is 4.98 Å². The summed E-state index contributed by atoms with van der Waals surface area (Å²) in [5.74, 6) is 1.02. The van der Waals surface area contributed by atoms with E-state index >= 15 is 0 Å². The number of hydrogen-bond acceptors (Lipinski definition) is 3. The van der Waals surface area contributed by atoms with Crippen molar-refractivity contribution in [1.82, 2.24) is 10.3 Å². The molecule has 2 nitrogen and oxygen atoms in total. The fourth-order valence-corrected chi connectivity index (χ4v) is 2.84. The van der Waals surface area contributed by atoms with Gasteiger partial charge in [0.2, 0.25) is 0 Å². The smallest absolute Gasteiger partial charge is 0.108 e. The molecule has 0 unspecified atom stereocenters. The van der Waals surface area contributed by atoms with Crippen molar-refractivity contribution in [2.45, 2.75) is 25.8 Å². The molecule has 3 rings (SSSR count). The summed E-state index contributed by atoms with van der Waals surface area (Å²) >= 11 is 1.80. The zero-order chi connectivity index (χ0) is 10.8. The van der Waals surface area contributed by atoms with Gasteiger partial charge in [-0.05, 0) is 31.0 Å². The lowest BCUT2D eigenvalue weighted by Gasteiger charge is -1.99. The predicted octanol–water partition coefficient (Wildman–Crippen LogP) is 3.19. The van der Waals surface area contributed by atoms with Crippen LogP contribution in [0.25, 0.3) is 10.2 Å². The zero-order valence-electron chi connectivity index (χ0n) is 9.28. The molecule has 0 radical (unpaired) electrons. The van der Waals surface area contributed by atoms with E-state index in [1.807, 2.05) is 6.07 Å². The molecule has 0 saturated heterocycles. The number of hydrogen-bond donors (Lipinski definition) is 1. The van der Waals surface area contributed by atoms with E-state index in [9.17, 15) is 0 Å². The minimum absolute atomic E-state index is 0.923. The highest BCUT2D eigenvalue weighted by Crippen LogP contribution is 2.31. The van der Waals surface area contributed by atoms with E-state index in [2.05, 4.69) is 28.5 Å². The van der Waals surface area contributed by atoms with E-state index in [-0.39, 0.29) is 0 Å². The first-order valence-corrected chi connectivity index (χ1v) is 6.78. The minimum Gasteiger partial charge on any atom is -0.310 e. The van der Waals surface area contributed by atoms with Gasteiger partial charge in [0.1, 0.15) is 5.01 Å². The van der Waals surface area contributed by atoms with Gasteiger partial charge in [0, 0.05) is 6.54 Å². The molecule has 1 heterocycles. The highest BCUT2D eigenvalue weighted by Gasteiger charge is 2.19. The van der Waals surface area contributed by atoms with E-state index in [1.54, 1.807) is 11.3 Å². The highest BCUT2D eigenvalue weighted by atomic mass is 32.1. The number of benzene rings is 1. The van der Waals surface area contributed by atoms with Crippen molar-refractivity contribution in [3.63, 3.8) is 0 Å². The molecule has 0 atom stereocenters. The first-order valence-electron chi connectivity index (χ1n) is 5.97. The maximum Gasteiger partial charge on any atom is 0.108 e. The second-order valence-electron chi connectivity index (χ2n) is 4.48. The summed E-state index contributed by atoms with van der Waals surface area (Å²) in [7, 11) is 0. The molecule has 0 aliphatic heterocycles. The maximum atomic E-state index is 4.60. The Bertz CT molecular complexity index is 440. The number of fused-ring (bicyclic) bond motifs is 1. The second-order valence-corrected chi connectivity index (χ2v) is 5.60. The van der Waals surface area contributed by atoms with E-state index in [0.29, 0.717) is 0 Å². The molecule has 1 N–H and O–H groups in total. The summed E-state index contributed by atoms with van der Waals surface area (Å²) in [5.41, 5.74) is 1.13. The summed E-state index contributed by atoms with van der Waals surface area (Å²) < 4.78 is 1.29. The normalized spacial score (nSPS) is 15.8. The SMILES string of the molecule is c1ccc2sc(CNCCC3CC3)nc2c1. The predicted molar refractivity (Wildman–Crippen MR) is 68.7 cm³/mol. The van der Waals surface area contributed by atoms with Crippen LogP contribution in [0, 0.1) is 5.92 Å². The molecule has 1 aromatic heterocycles. The van der Waals surface area contributed by atoms with Crippen molar-refractivity contribution in [3.8, 4) is 0 Å². The molecule has 3 heteroatoms. The van der Waals surface area contributed by atoms with Crippen molar-refractivity contribution >= 4 is 21.6 Å². The Morgan fingerprint density at radius 2 is 2.19 bits per heavy atom. The second kappa shape index (κ2) is 4.52. The van der Waals surface area contributed by atoms with Gasteiger partial charge in [0.15, 0.2) is 0 Å². The molecule has 1 fully saturated rings. The Kier molecular flexibility index (Phi) is 2.89. The quantitative estimate of drug-likeness (QED) is 0.801. The fraction of sp³-hybridized carbons (Fsp3) is 0.462. The van der Waals surface area contributed by atoms with Crippen LogP contribution in [0.5, 0.6) is 0 Å². The third-order valence-corrected chi connectivity index (χ3v) is 4.08. The van der Waals surface area contributed by atoms with Gasteiger partial charge in [0.05, 0.1) is 10.2 Å². The Hall–Kier alpha value is -0.930. The molecule has 1 aromatic carbocycles. The lowest BCUT2D eigenvalue weighted by molar-refractivity contribution is 0.612. The van der Waals surface area contributed by atoms with Gasteiger partial charge < -0.3 is 5.32 Å². The van der Waals surface area contributed by atoms with Gasteiger partial charge in [-0.2, -0.15) is 0 Å². The monoisotopic (exact) mass is 232 g/mol. The van der Waals surface area contributed by atoms with Gasteiger partial charge in [-0.3, -0.25) is 0 Å². The summed E-state index contributed by atoms with van der Waals surface area (Å²) in [5, 5.41) is 4.69. The van der Waals surface area contributed by atoms with Crippen LogP contribution in [0.4, 0.5) is 0 Å². The third-order valence-electron chi connectivity index (χ3n) is 3.04. The summed E-state index contributed by atoms with van der Waals surface area (Å²) in [4.78, 5) is 4.60. The summed E-state index contributed by atoms with van der Waals surface area (Å²) in [6.07, 6.45) is 4.23. The Balaban J connectivity index is 1.56. The number of rotatable bonds is 5. The molecule has 1 aliphatic rings. The standard InChI is InChI=1S/C13H16N2S/c1-2-4-12-11(3-1)15-13(16-12)9-14-8-7-10-5-6-10/h1-4,10,14H,5-9H2. The molecule has 84 valence electrons. The van der Waals surface area contributed by atoms with Gasteiger partial charge in [-0.15, -0.1) is 11.3 Å². The molecule has 0 bridgehead atoms. The van der Waals surface area contributed by atoms with Crippen LogP contribution in [-0.4, -0.2) is 11.5 Å². The number of aromatic nitrogens is 1. The van der Waals surface area contributed by atoms with Crippen molar-refractivity contribution in [3.05, 3.63) is 29.3 Å². The molecule has 0 amide bonds. The van der Waals surface area contributed by atoms with Gasteiger partial charge in [-0.1, -0.05) is 25.0 Å². The van der Waals surface area contributed by atoms with Crippen LogP contribution in [0.2, 0.25) is 0 Å². The first-order chi connectivity index (χ1) is 7.92. The van der Waals surface area contributed by atoms with E-state index in [0.717, 1.165) is 24.5 Å². The van der Waals surface area contributed by atoms with Crippen LogP contribution >= 0.6 is 11.3 Å². The average Bonchev–Trinajstić information content (AvgIpc) is 3.03. The molecule has 2 aromatic rings. The van der Waals surface area contributed by atoms with Crippen molar-refractivity contribution in [2.24, 2.45) is 5.92 Å². The van der Waals surface area contributed by atoms with E-state index < -0.39 is 0 Å². The number of nitrogens with one attached hydrogen (secondary N) is 1. The zero-order valence-corrected chi connectivity index (χ0v) is 10.1. The molecule has 1 saturated carbocycles. The van der Waals surface area contributed by atoms with Crippen molar-refractivity contribution < 1.29 is 0 Å². The fourth-order valence-electron chi connectivity index (χ4n) is 1.90. The van der Waals surface area contributed by atoms with E-state index in [4.69, 9.17) is 0 Å². The minimum atomic E-state index is 0.923. The van der Waals surface area contributed by atoms with Crippen LogP contribution < -0.4 is 5.32 Å². The van der Waals surface area contributed by atoms with Crippen LogP contribution in [0.15, 0.2) is 24.3 Å². The Labute approximate surface area is 99.7 Å². The summed E-state index contributed by atoms with van der Waals surface area (Å²) in [6, 6.07) is 8.34. The van der Waals surface area contributed by atoms with Crippen LogP contribution in [0.1, 0.15) is 24.3 Å². The lowest BCUT2D eigenvalue weighted by Crippen LogP contribution is -2.14. The average molecular weight is 232 g/mol. The van der Waals surface area contributed by atoms with E-state index in [1.165, 1.54) is 29.0 Å². The topological polar surface area (TPSA) is 24.9 Å². The first kappa shape index (κ1) is 10.2. The molecule has 16 heavy (non-hydrogen) atoms.